The van der Waals surface area contributed by atoms with Crippen molar-refractivity contribution in [1.82, 2.24) is 4.90 Å². The molecular formula is C15H30N2O2. The molecule has 2 atom stereocenters. The van der Waals surface area contributed by atoms with Crippen LogP contribution in [0.1, 0.15) is 59.3 Å². The first-order valence-corrected chi connectivity index (χ1v) is 7.49. The average molecular weight is 270 g/mol. The molecule has 0 aromatic carbocycles. The summed E-state index contributed by atoms with van der Waals surface area (Å²) in [7, 11) is 0. The molecule has 1 heterocycles. The lowest BCUT2D eigenvalue weighted by molar-refractivity contribution is -0.135. The van der Waals surface area contributed by atoms with Gasteiger partial charge in [-0.05, 0) is 37.5 Å². The van der Waals surface area contributed by atoms with Crippen LogP contribution >= 0.6 is 0 Å². The summed E-state index contributed by atoms with van der Waals surface area (Å²) in [5, 5.41) is 9.09. The number of piperidine rings is 1. The molecular weight excluding hydrogens is 240 g/mol. The van der Waals surface area contributed by atoms with Crippen molar-refractivity contribution in [1.29, 1.82) is 0 Å². The van der Waals surface area contributed by atoms with E-state index in [0.29, 0.717) is 12.8 Å². The number of aliphatic hydroxyl groups is 1. The number of aliphatic hydroxyl groups excluding tert-OH is 1. The molecule has 0 aliphatic carbocycles. The molecule has 3 N–H and O–H groups in total. The van der Waals surface area contributed by atoms with Crippen molar-refractivity contribution in [2.45, 2.75) is 71.4 Å². The molecule has 2 unspecified atom stereocenters. The molecule has 1 aliphatic heterocycles. The van der Waals surface area contributed by atoms with E-state index in [2.05, 4.69) is 20.8 Å². The van der Waals surface area contributed by atoms with Gasteiger partial charge in [0, 0.05) is 31.7 Å². The fourth-order valence-electron chi connectivity index (χ4n) is 2.98. The number of nitrogens with zero attached hydrogens (tertiary/aromatic N) is 1. The summed E-state index contributed by atoms with van der Waals surface area (Å²) in [6, 6.07) is 0.150. The van der Waals surface area contributed by atoms with Gasteiger partial charge in [0.1, 0.15) is 0 Å². The summed E-state index contributed by atoms with van der Waals surface area (Å²) >= 11 is 0. The van der Waals surface area contributed by atoms with Gasteiger partial charge in [-0.3, -0.25) is 4.79 Å². The fourth-order valence-corrected chi connectivity index (χ4v) is 2.98. The predicted octanol–water partition coefficient (Wildman–Crippen LogP) is 1.90. The van der Waals surface area contributed by atoms with Gasteiger partial charge in [-0.25, -0.2) is 0 Å². The van der Waals surface area contributed by atoms with Crippen LogP contribution in [0.25, 0.3) is 0 Å². The molecule has 4 heteroatoms. The molecule has 19 heavy (non-hydrogen) atoms. The first-order chi connectivity index (χ1) is 8.83. The van der Waals surface area contributed by atoms with Crippen LogP contribution in [-0.4, -0.2) is 41.1 Å². The zero-order valence-corrected chi connectivity index (χ0v) is 12.7. The third kappa shape index (κ3) is 5.91. The molecule has 0 spiro atoms. The van der Waals surface area contributed by atoms with Gasteiger partial charge in [0.2, 0.25) is 5.91 Å². The summed E-state index contributed by atoms with van der Waals surface area (Å²) in [4.78, 5) is 14.3. The largest absolute Gasteiger partial charge is 0.396 e. The summed E-state index contributed by atoms with van der Waals surface area (Å²) in [6.07, 6.45) is 5.22. The van der Waals surface area contributed by atoms with Gasteiger partial charge in [0.05, 0.1) is 0 Å². The van der Waals surface area contributed by atoms with E-state index in [1.165, 1.54) is 0 Å². The van der Waals surface area contributed by atoms with E-state index in [9.17, 15) is 4.79 Å². The third-order valence-electron chi connectivity index (χ3n) is 3.72. The van der Waals surface area contributed by atoms with Gasteiger partial charge in [-0.1, -0.05) is 20.8 Å². The quantitative estimate of drug-likeness (QED) is 0.802. The summed E-state index contributed by atoms with van der Waals surface area (Å²) in [5.74, 6) is 0.162. The van der Waals surface area contributed by atoms with Crippen molar-refractivity contribution < 1.29 is 9.90 Å². The molecule has 1 amide bonds. The maximum Gasteiger partial charge on any atom is 0.224 e. The second-order valence-electron chi connectivity index (χ2n) is 6.98. The molecule has 1 rings (SSSR count). The lowest BCUT2D eigenvalue weighted by atomic mass is 9.87. The molecule has 0 aromatic rings. The van der Waals surface area contributed by atoms with Gasteiger partial charge in [0.15, 0.2) is 0 Å². The fraction of sp³-hybridized carbons (Fsp3) is 0.933. The Morgan fingerprint density at radius 3 is 2.68 bits per heavy atom. The standard InChI is InChI=1S/C15H30N2O2/c1-15(2,3)11-12(16)10-14(19)17-8-5-4-6-13(17)7-9-18/h12-13,18H,4-11,16H2,1-3H3. The monoisotopic (exact) mass is 270 g/mol. The Morgan fingerprint density at radius 2 is 2.11 bits per heavy atom. The lowest BCUT2D eigenvalue weighted by Crippen LogP contribution is -2.46. The number of nitrogens with two attached hydrogens (primary N) is 1. The van der Waals surface area contributed by atoms with Crippen molar-refractivity contribution in [2.75, 3.05) is 13.2 Å². The first-order valence-electron chi connectivity index (χ1n) is 7.49. The molecule has 0 bridgehead atoms. The number of rotatable bonds is 5. The first kappa shape index (κ1) is 16.4. The van der Waals surface area contributed by atoms with Crippen molar-refractivity contribution in [3.63, 3.8) is 0 Å². The van der Waals surface area contributed by atoms with E-state index in [1.807, 2.05) is 4.90 Å². The van der Waals surface area contributed by atoms with Crippen LogP contribution < -0.4 is 5.73 Å². The Morgan fingerprint density at radius 1 is 1.42 bits per heavy atom. The third-order valence-corrected chi connectivity index (χ3v) is 3.72. The summed E-state index contributed by atoms with van der Waals surface area (Å²) < 4.78 is 0. The summed E-state index contributed by atoms with van der Waals surface area (Å²) in [6.45, 7) is 7.42. The second kappa shape index (κ2) is 7.25. The van der Waals surface area contributed by atoms with Gasteiger partial charge in [-0.2, -0.15) is 0 Å². The maximum atomic E-state index is 12.3. The van der Waals surface area contributed by atoms with Gasteiger partial charge in [0.25, 0.3) is 0 Å². The molecule has 0 radical (unpaired) electrons. The SMILES string of the molecule is CC(C)(C)CC(N)CC(=O)N1CCCCC1CCO. The normalized spacial score (nSPS) is 22.4. The maximum absolute atomic E-state index is 12.3. The highest BCUT2D eigenvalue weighted by Gasteiger charge is 2.28. The van der Waals surface area contributed by atoms with Crippen molar-refractivity contribution in [3.05, 3.63) is 0 Å². The number of hydrogen-bond donors (Lipinski definition) is 2. The predicted molar refractivity (Wildman–Crippen MR) is 77.7 cm³/mol. The van der Waals surface area contributed by atoms with Crippen molar-refractivity contribution in [2.24, 2.45) is 11.1 Å². The highest BCUT2D eigenvalue weighted by atomic mass is 16.3. The van der Waals surface area contributed by atoms with Crippen LogP contribution in [0.2, 0.25) is 0 Å². The van der Waals surface area contributed by atoms with E-state index in [1.54, 1.807) is 0 Å². The Balaban J connectivity index is 2.50. The molecule has 112 valence electrons. The van der Waals surface area contributed by atoms with E-state index in [4.69, 9.17) is 10.8 Å². The van der Waals surface area contributed by atoms with Gasteiger partial charge in [-0.15, -0.1) is 0 Å². The smallest absolute Gasteiger partial charge is 0.224 e. The number of carbonyl (C=O) groups is 1. The van der Waals surface area contributed by atoms with Crippen LogP contribution in [0.3, 0.4) is 0 Å². The Hall–Kier alpha value is -0.610. The number of likely N-dealkylation sites (tertiary alicyclic amines) is 1. The van der Waals surface area contributed by atoms with Gasteiger partial charge < -0.3 is 15.7 Å². The number of amides is 1. The average Bonchev–Trinajstić information content (AvgIpc) is 2.27. The number of hydrogen-bond acceptors (Lipinski definition) is 3. The van der Waals surface area contributed by atoms with Crippen molar-refractivity contribution >= 4 is 5.91 Å². The topological polar surface area (TPSA) is 66.6 Å². The molecule has 1 aliphatic rings. The van der Waals surface area contributed by atoms with Crippen LogP contribution in [0.15, 0.2) is 0 Å². The van der Waals surface area contributed by atoms with Crippen LogP contribution in [0.4, 0.5) is 0 Å². The highest BCUT2D eigenvalue weighted by Crippen LogP contribution is 2.24. The van der Waals surface area contributed by atoms with Crippen LogP contribution in [0, 0.1) is 5.41 Å². The van der Waals surface area contributed by atoms with Crippen molar-refractivity contribution in [3.8, 4) is 0 Å². The molecule has 0 saturated carbocycles. The van der Waals surface area contributed by atoms with Gasteiger partial charge >= 0.3 is 0 Å². The van der Waals surface area contributed by atoms with E-state index >= 15 is 0 Å². The molecule has 1 saturated heterocycles. The molecule has 4 nitrogen and oxygen atoms in total. The highest BCUT2D eigenvalue weighted by molar-refractivity contribution is 5.77. The molecule has 1 fully saturated rings. The lowest BCUT2D eigenvalue weighted by Gasteiger charge is -2.36. The zero-order chi connectivity index (χ0) is 14.5. The number of carbonyl (C=O) groups excluding carboxylic acids is 1. The Kier molecular flexibility index (Phi) is 6.27. The van der Waals surface area contributed by atoms with Crippen LogP contribution in [0.5, 0.6) is 0 Å². The van der Waals surface area contributed by atoms with E-state index in [-0.39, 0.29) is 30.0 Å². The van der Waals surface area contributed by atoms with Crippen LogP contribution in [-0.2, 0) is 4.79 Å². The zero-order valence-electron chi connectivity index (χ0n) is 12.7. The molecule has 0 aromatic heterocycles. The Labute approximate surface area is 117 Å². The van der Waals surface area contributed by atoms with E-state index < -0.39 is 0 Å². The Bertz CT molecular complexity index is 284. The van der Waals surface area contributed by atoms with E-state index in [0.717, 1.165) is 32.2 Å². The second-order valence-corrected chi connectivity index (χ2v) is 6.98. The minimum absolute atomic E-state index is 0.0656. The minimum atomic E-state index is -0.0656. The minimum Gasteiger partial charge on any atom is -0.396 e. The summed E-state index contributed by atoms with van der Waals surface area (Å²) in [5.41, 5.74) is 6.25.